The summed E-state index contributed by atoms with van der Waals surface area (Å²) in [4.78, 5) is -0.0499. The third-order valence-electron chi connectivity index (χ3n) is 2.00. The van der Waals surface area contributed by atoms with Crippen LogP contribution in [0.15, 0.2) is 29.2 Å². The summed E-state index contributed by atoms with van der Waals surface area (Å²) in [5, 5.41) is 13.2. The molecule has 18 heavy (non-hydrogen) atoms. The fourth-order valence-corrected chi connectivity index (χ4v) is 2.30. The highest BCUT2D eigenvalue weighted by molar-refractivity contribution is 7.89. The summed E-state index contributed by atoms with van der Waals surface area (Å²) in [5.41, 5.74) is 0.559. The zero-order valence-corrected chi connectivity index (χ0v) is 10.8. The predicted octanol–water partition coefficient (Wildman–Crippen LogP) is -0.723. The van der Waals surface area contributed by atoms with E-state index in [-0.39, 0.29) is 11.4 Å². The van der Waals surface area contributed by atoms with Crippen LogP contribution in [0.4, 0.5) is 0 Å². The molecule has 0 aliphatic rings. The van der Waals surface area contributed by atoms with Crippen LogP contribution in [0.25, 0.3) is 0 Å². The Hall–Kier alpha value is -1.47. The van der Waals surface area contributed by atoms with Crippen molar-refractivity contribution in [2.45, 2.75) is 11.4 Å². The van der Waals surface area contributed by atoms with Gasteiger partial charge in [-0.25, -0.2) is 26.7 Å². The first-order valence-corrected chi connectivity index (χ1v) is 7.90. The van der Waals surface area contributed by atoms with Gasteiger partial charge in [-0.3, -0.25) is 0 Å². The molecule has 0 unspecified atom stereocenters. The van der Waals surface area contributed by atoms with E-state index in [2.05, 4.69) is 4.72 Å². The van der Waals surface area contributed by atoms with Crippen LogP contribution in [-0.2, 0) is 26.6 Å². The number of rotatable bonds is 5. The predicted molar refractivity (Wildman–Crippen MR) is 64.1 cm³/mol. The van der Waals surface area contributed by atoms with Gasteiger partial charge in [0.15, 0.2) is 5.75 Å². The molecule has 0 fully saturated rings. The largest absolute Gasteiger partial charge is 0.238 e. The molecule has 7 nitrogen and oxygen atoms in total. The van der Waals surface area contributed by atoms with Crippen molar-refractivity contribution in [1.82, 2.24) is 4.72 Å². The van der Waals surface area contributed by atoms with E-state index in [1.165, 1.54) is 30.3 Å². The molecule has 1 rings (SSSR count). The average molecular weight is 289 g/mol. The van der Waals surface area contributed by atoms with E-state index >= 15 is 0 Å². The second kappa shape index (κ2) is 5.45. The molecule has 0 saturated heterocycles. The van der Waals surface area contributed by atoms with Gasteiger partial charge in [0.05, 0.1) is 11.0 Å². The number of nitrogens with one attached hydrogen (secondary N) is 1. The van der Waals surface area contributed by atoms with Crippen molar-refractivity contribution in [2.75, 3.05) is 5.75 Å². The highest BCUT2D eigenvalue weighted by atomic mass is 32.2. The van der Waals surface area contributed by atoms with Gasteiger partial charge in [0, 0.05) is 6.54 Å². The molecule has 0 amide bonds. The molecule has 0 aliphatic carbocycles. The standard InChI is InChI=1S/C9H11N3O4S2/c10-5-6-17(13,14)12-7-8-1-3-9(4-2-8)18(11,15)16/h1-4,12H,6-7H2,(H2,11,15,16). The summed E-state index contributed by atoms with van der Waals surface area (Å²) in [6, 6.07) is 6.97. The first-order chi connectivity index (χ1) is 8.24. The van der Waals surface area contributed by atoms with Crippen LogP contribution in [0.2, 0.25) is 0 Å². The number of nitriles is 1. The summed E-state index contributed by atoms with van der Waals surface area (Å²) in [6.45, 7) is -0.0189. The van der Waals surface area contributed by atoms with Gasteiger partial charge in [-0.2, -0.15) is 5.26 Å². The number of hydrogen-bond acceptors (Lipinski definition) is 5. The van der Waals surface area contributed by atoms with Crippen molar-refractivity contribution in [3.8, 4) is 6.07 Å². The molecule has 1 aromatic carbocycles. The van der Waals surface area contributed by atoms with Crippen molar-refractivity contribution in [2.24, 2.45) is 5.14 Å². The summed E-state index contributed by atoms with van der Waals surface area (Å²) in [7, 11) is -7.38. The molecule has 0 saturated carbocycles. The van der Waals surface area contributed by atoms with E-state index in [1.54, 1.807) is 0 Å². The lowest BCUT2D eigenvalue weighted by Crippen LogP contribution is -2.25. The SMILES string of the molecule is N#CCS(=O)(=O)NCc1ccc(S(N)(=O)=O)cc1. The first kappa shape index (κ1) is 14.6. The smallest absolute Gasteiger partial charge is 0.225 e. The average Bonchev–Trinajstić information content (AvgIpc) is 2.26. The molecule has 0 atom stereocenters. The number of nitrogens with zero attached hydrogens (tertiary/aromatic N) is 1. The number of primary sulfonamides is 1. The minimum Gasteiger partial charge on any atom is -0.225 e. The normalized spacial score (nSPS) is 12.0. The van der Waals surface area contributed by atoms with Crippen LogP contribution in [0, 0.1) is 11.3 Å². The van der Waals surface area contributed by atoms with Crippen LogP contribution < -0.4 is 9.86 Å². The third-order valence-corrected chi connectivity index (χ3v) is 4.03. The summed E-state index contributed by atoms with van der Waals surface area (Å²) in [6.07, 6.45) is 0. The number of hydrogen-bond donors (Lipinski definition) is 2. The molecular formula is C9H11N3O4S2. The summed E-state index contributed by atoms with van der Waals surface area (Å²) in [5.74, 6) is -0.623. The Morgan fingerprint density at radius 3 is 2.17 bits per heavy atom. The van der Waals surface area contributed by atoms with Gasteiger partial charge in [0.1, 0.15) is 0 Å². The molecule has 0 radical (unpaired) electrons. The maximum absolute atomic E-state index is 11.2. The molecule has 0 aliphatic heterocycles. The first-order valence-electron chi connectivity index (χ1n) is 4.70. The molecule has 0 heterocycles. The van der Waals surface area contributed by atoms with Crippen molar-refractivity contribution in [1.29, 1.82) is 5.26 Å². The maximum atomic E-state index is 11.2. The lowest BCUT2D eigenvalue weighted by molar-refractivity contribution is 0.584. The molecule has 98 valence electrons. The van der Waals surface area contributed by atoms with Crippen molar-refractivity contribution in [3.63, 3.8) is 0 Å². The Morgan fingerprint density at radius 2 is 1.72 bits per heavy atom. The topological polar surface area (TPSA) is 130 Å². The van der Waals surface area contributed by atoms with Crippen LogP contribution in [0.3, 0.4) is 0 Å². The number of sulfonamides is 2. The third kappa shape index (κ3) is 4.42. The molecule has 0 aromatic heterocycles. The van der Waals surface area contributed by atoms with Gasteiger partial charge in [0.25, 0.3) is 0 Å². The van der Waals surface area contributed by atoms with Crippen LogP contribution in [0.1, 0.15) is 5.56 Å². The lowest BCUT2D eigenvalue weighted by Gasteiger charge is -2.04. The van der Waals surface area contributed by atoms with Gasteiger partial charge in [-0.05, 0) is 17.7 Å². The van der Waals surface area contributed by atoms with Gasteiger partial charge in [-0.1, -0.05) is 12.1 Å². The van der Waals surface area contributed by atoms with Gasteiger partial charge in [-0.15, -0.1) is 0 Å². The number of benzene rings is 1. The molecule has 9 heteroatoms. The highest BCUT2D eigenvalue weighted by Crippen LogP contribution is 2.08. The Morgan fingerprint density at radius 1 is 1.17 bits per heavy atom. The van der Waals surface area contributed by atoms with E-state index in [9.17, 15) is 16.8 Å². The van der Waals surface area contributed by atoms with Gasteiger partial charge < -0.3 is 0 Å². The zero-order valence-electron chi connectivity index (χ0n) is 9.20. The van der Waals surface area contributed by atoms with Crippen LogP contribution in [-0.4, -0.2) is 22.6 Å². The maximum Gasteiger partial charge on any atom is 0.238 e. The monoisotopic (exact) mass is 289 g/mol. The molecular weight excluding hydrogens is 278 g/mol. The van der Waals surface area contributed by atoms with E-state index in [0.717, 1.165) is 0 Å². The Balaban J connectivity index is 2.75. The van der Waals surface area contributed by atoms with Gasteiger partial charge in [0.2, 0.25) is 20.0 Å². The van der Waals surface area contributed by atoms with E-state index in [1.807, 2.05) is 0 Å². The Labute approximate surface area is 105 Å². The summed E-state index contributed by atoms with van der Waals surface area (Å²) < 4.78 is 46.5. The van der Waals surface area contributed by atoms with Crippen LogP contribution in [0.5, 0.6) is 0 Å². The second-order valence-electron chi connectivity index (χ2n) is 3.43. The van der Waals surface area contributed by atoms with Crippen molar-refractivity contribution < 1.29 is 16.8 Å². The zero-order chi connectivity index (χ0) is 13.8. The number of nitrogens with two attached hydrogens (primary N) is 1. The molecule has 0 spiro atoms. The Kier molecular flexibility index (Phi) is 4.42. The van der Waals surface area contributed by atoms with E-state index in [0.29, 0.717) is 5.56 Å². The minimum atomic E-state index is -3.75. The van der Waals surface area contributed by atoms with Gasteiger partial charge >= 0.3 is 0 Å². The van der Waals surface area contributed by atoms with Crippen molar-refractivity contribution >= 4 is 20.0 Å². The molecule has 0 bridgehead atoms. The highest BCUT2D eigenvalue weighted by Gasteiger charge is 2.10. The fourth-order valence-electron chi connectivity index (χ4n) is 1.13. The summed E-state index contributed by atoms with van der Waals surface area (Å²) >= 11 is 0. The lowest BCUT2D eigenvalue weighted by atomic mass is 10.2. The van der Waals surface area contributed by atoms with Crippen LogP contribution >= 0.6 is 0 Å². The Bertz CT molecular complexity index is 657. The van der Waals surface area contributed by atoms with E-state index < -0.39 is 25.8 Å². The molecule has 1 aromatic rings. The quantitative estimate of drug-likeness (QED) is 0.738. The minimum absolute atomic E-state index is 0.0189. The second-order valence-corrected chi connectivity index (χ2v) is 6.80. The molecule has 3 N–H and O–H groups in total. The van der Waals surface area contributed by atoms with Crippen molar-refractivity contribution in [3.05, 3.63) is 29.8 Å². The fraction of sp³-hybridized carbons (Fsp3) is 0.222. The van der Waals surface area contributed by atoms with E-state index in [4.69, 9.17) is 10.4 Å².